The molecule has 0 N–H and O–H groups in total. The normalized spacial score (nSPS) is 19.2. The van der Waals surface area contributed by atoms with Crippen molar-refractivity contribution in [1.29, 1.82) is 0 Å². The van der Waals surface area contributed by atoms with Gasteiger partial charge < -0.3 is 14.4 Å². The summed E-state index contributed by atoms with van der Waals surface area (Å²) in [6.07, 6.45) is 0.505. The van der Waals surface area contributed by atoms with Crippen molar-refractivity contribution in [3.05, 3.63) is 24.3 Å². The van der Waals surface area contributed by atoms with E-state index in [1.807, 2.05) is 24.3 Å². The fourth-order valence-electron chi connectivity index (χ4n) is 2.62. The highest BCUT2D eigenvalue weighted by Crippen LogP contribution is 2.23. The van der Waals surface area contributed by atoms with E-state index in [1.54, 1.807) is 19.1 Å². The molecule has 1 amide bonds. The number of benzene rings is 1. The van der Waals surface area contributed by atoms with E-state index in [2.05, 4.69) is 0 Å². The van der Waals surface area contributed by atoms with Gasteiger partial charge in [0.15, 0.2) is 9.84 Å². The summed E-state index contributed by atoms with van der Waals surface area (Å²) in [5.41, 5.74) is 0. The van der Waals surface area contributed by atoms with Crippen molar-refractivity contribution in [3.63, 3.8) is 0 Å². The van der Waals surface area contributed by atoms with Crippen LogP contribution in [0.2, 0.25) is 0 Å². The predicted octanol–water partition coefficient (Wildman–Crippen LogP) is 1.45. The van der Waals surface area contributed by atoms with Gasteiger partial charge in [-0.2, -0.15) is 0 Å². The lowest BCUT2D eigenvalue weighted by Crippen LogP contribution is -2.44. The van der Waals surface area contributed by atoms with Gasteiger partial charge in [0, 0.05) is 24.6 Å². The topological polar surface area (TPSA) is 72.9 Å². The maximum atomic E-state index is 12.6. The first-order valence-electron chi connectivity index (χ1n) is 7.71. The zero-order chi connectivity index (χ0) is 17.6. The lowest BCUT2D eigenvalue weighted by atomic mass is 10.2. The smallest absolute Gasteiger partial charge is 0.233 e. The van der Waals surface area contributed by atoms with Gasteiger partial charge in [0.2, 0.25) is 5.91 Å². The van der Waals surface area contributed by atoms with Crippen LogP contribution in [-0.4, -0.2) is 69.9 Å². The van der Waals surface area contributed by atoms with Crippen LogP contribution in [0.25, 0.3) is 0 Å². The minimum atomic E-state index is -3.03. The zero-order valence-corrected chi connectivity index (χ0v) is 15.6. The van der Waals surface area contributed by atoms with E-state index in [9.17, 15) is 13.2 Å². The molecule has 0 aromatic heterocycles. The number of sulfone groups is 1. The molecule has 0 saturated carbocycles. The SMILES string of the molecule is COCCN(C(=O)CSc1ccc(OC)cc1)[C@@H]1CCS(=O)(=O)C1. The van der Waals surface area contributed by atoms with E-state index < -0.39 is 9.84 Å². The molecule has 0 spiro atoms. The molecule has 1 aromatic carbocycles. The summed E-state index contributed by atoms with van der Waals surface area (Å²) in [7, 11) is 0.147. The van der Waals surface area contributed by atoms with Crippen molar-refractivity contribution in [2.24, 2.45) is 0 Å². The molecule has 1 atom stereocenters. The van der Waals surface area contributed by atoms with Crippen molar-refractivity contribution in [3.8, 4) is 5.75 Å². The molecule has 1 heterocycles. The number of amides is 1. The molecule has 1 saturated heterocycles. The standard InChI is InChI=1S/C16H23NO5S2/c1-21-9-8-17(13-7-10-24(19,20)12-13)16(18)11-23-15-5-3-14(22-2)4-6-15/h3-6,13H,7-12H2,1-2H3/t13-/m1/s1. The lowest BCUT2D eigenvalue weighted by Gasteiger charge is -2.28. The average molecular weight is 373 g/mol. The van der Waals surface area contributed by atoms with Crippen molar-refractivity contribution in [2.45, 2.75) is 17.4 Å². The van der Waals surface area contributed by atoms with Crippen LogP contribution in [0.3, 0.4) is 0 Å². The fourth-order valence-corrected chi connectivity index (χ4v) is 5.14. The highest BCUT2D eigenvalue weighted by Gasteiger charge is 2.34. The van der Waals surface area contributed by atoms with Crippen molar-refractivity contribution >= 4 is 27.5 Å². The van der Waals surface area contributed by atoms with Gasteiger partial charge >= 0.3 is 0 Å². The monoisotopic (exact) mass is 373 g/mol. The van der Waals surface area contributed by atoms with Gasteiger partial charge in [-0.25, -0.2) is 8.42 Å². The predicted molar refractivity (Wildman–Crippen MR) is 94.4 cm³/mol. The summed E-state index contributed by atoms with van der Waals surface area (Å²) >= 11 is 1.43. The third-order valence-electron chi connectivity index (χ3n) is 3.93. The third kappa shape index (κ3) is 5.39. The number of thioether (sulfide) groups is 1. The van der Waals surface area contributed by atoms with Crippen LogP contribution < -0.4 is 4.74 Å². The molecular weight excluding hydrogens is 350 g/mol. The molecule has 24 heavy (non-hydrogen) atoms. The Morgan fingerprint density at radius 3 is 2.54 bits per heavy atom. The first-order valence-corrected chi connectivity index (χ1v) is 10.5. The molecule has 1 fully saturated rings. The summed E-state index contributed by atoms with van der Waals surface area (Å²) in [6, 6.07) is 7.25. The molecule has 0 bridgehead atoms. The molecule has 0 radical (unpaired) electrons. The molecule has 6 nitrogen and oxygen atoms in total. The Bertz CT molecular complexity index is 645. The molecule has 0 unspecified atom stereocenters. The minimum Gasteiger partial charge on any atom is -0.497 e. The summed E-state index contributed by atoms with van der Waals surface area (Å²) in [6.45, 7) is 0.814. The minimum absolute atomic E-state index is 0.0512. The van der Waals surface area contributed by atoms with E-state index in [-0.39, 0.29) is 29.2 Å². The zero-order valence-electron chi connectivity index (χ0n) is 13.9. The Balaban J connectivity index is 1.96. The van der Waals surface area contributed by atoms with Gasteiger partial charge in [0.1, 0.15) is 5.75 Å². The lowest BCUT2D eigenvalue weighted by molar-refractivity contribution is -0.130. The summed E-state index contributed by atoms with van der Waals surface area (Å²) < 4.78 is 33.6. The van der Waals surface area contributed by atoms with E-state index in [1.165, 1.54) is 11.8 Å². The molecule has 1 aliphatic heterocycles. The largest absolute Gasteiger partial charge is 0.497 e. The second-order valence-corrected chi connectivity index (χ2v) is 8.88. The quantitative estimate of drug-likeness (QED) is 0.642. The molecule has 1 aromatic rings. The second-order valence-electron chi connectivity index (χ2n) is 5.60. The average Bonchev–Trinajstić information content (AvgIpc) is 2.93. The van der Waals surface area contributed by atoms with Gasteiger partial charge in [-0.1, -0.05) is 0 Å². The molecule has 134 valence electrons. The summed E-state index contributed by atoms with van der Waals surface area (Å²) in [5.74, 6) is 1.18. The number of hydrogen-bond donors (Lipinski definition) is 0. The molecular formula is C16H23NO5S2. The fraction of sp³-hybridized carbons (Fsp3) is 0.562. The van der Waals surface area contributed by atoms with Crippen LogP contribution in [0.5, 0.6) is 5.75 Å². The number of ether oxygens (including phenoxy) is 2. The van der Waals surface area contributed by atoms with Crippen LogP contribution in [0.1, 0.15) is 6.42 Å². The highest BCUT2D eigenvalue weighted by atomic mass is 32.2. The van der Waals surface area contributed by atoms with Crippen molar-refractivity contribution in [1.82, 2.24) is 4.90 Å². The van der Waals surface area contributed by atoms with E-state index >= 15 is 0 Å². The van der Waals surface area contributed by atoms with Crippen LogP contribution in [0.4, 0.5) is 0 Å². The Hall–Kier alpha value is -1.25. The Morgan fingerprint density at radius 2 is 2.00 bits per heavy atom. The van der Waals surface area contributed by atoms with Gasteiger partial charge in [-0.3, -0.25) is 4.79 Å². The van der Waals surface area contributed by atoms with Gasteiger partial charge in [-0.05, 0) is 30.7 Å². The van der Waals surface area contributed by atoms with Crippen LogP contribution in [-0.2, 0) is 19.4 Å². The molecule has 8 heteroatoms. The number of rotatable bonds is 8. The van der Waals surface area contributed by atoms with Crippen LogP contribution >= 0.6 is 11.8 Å². The maximum absolute atomic E-state index is 12.6. The van der Waals surface area contributed by atoms with Crippen LogP contribution in [0.15, 0.2) is 29.2 Å². The number of carbonyl (C=O) groups is 1. The highest BCUT2D eigenvalue weighted by molar-refractivity contribution is 8.00. The van der Waals surface area contributed by atoms with Gasteiger partial charge in [0.05, 0.1) is 31.0 Å². The van der Waals surface area contributed by atoms with E-state index in [0.29, 0.717) is 19.6 Å². The second kappa shape index (κ2) is 8.73. The first kappa shape index (κ1) is 19.1. The molecule has 1 aliphatic rings. The number of nitrogens with zero attached hydrogens (tertiary/aromatic N) is 1. The first-order chi connectivity index (χ1) is 11.4. The number of carbonyl (C=O) groups excluding carboxylic acids is 1. The number of methoxy groups -OCH3 is 2. The maximum Gasteiger partial charge on any atom is 0.233 e. The van der Waals surface area contributed by atoms with E-state index in [4.69, 9.17) is 9.47 Å². The van der Waals surface area contributed by atoms with Crippen LogP contribution in [0, 0.1) is 0 Å². The van der Waals surface area contributed by atoms with Crippen molar-refractivity contribution in [2.75, 3.05) is 44.6 Å². The molecule has 0 aliphatic carbocycles. The van der Waals surface area contributed by atoms with Gasteiger partial charge in [-0.15, -0.1) is 11.8 Å². The molecule has 2 rings (SSSR count). The van der Waals surface area contributed by atoms with Gasteiger partial charge in [0.25, 0.3) is 0 Å². The van der Waals surface area contributed by atoms with Crippen molar-refractivity contribution < 1.29 is 22.7 Å². The Kier molecular flexibility index (Phi) is 6.94. The summed E-state index contributed by atoms with van der Waals surface area (Å²) in [5, 5.41) is 0. The third-order valence-corrected chi connectivity index (χ3v) is 6.67. The summed E-state index contributed by atoms with van der Waals surface area (Å²) in [4.78, 5) is 15.2. The Morgan fingerprint density at radius 1 is 1.29 bits per heavy atom. The number of hydrogen-bond acceptors (Lipinski definition) is 6. The Labute approximate surface area is 147 Å². The van der Waals surface area contributed by atoms with E-state index in [0.717, 1.165) is 10.6 Å².